The van der Waals surface area contributed by atoms with Crippen LogP contribution >= 0.6 is 11.3 Å². The molecule has 46 heavy (non-hydrogen) atoms. The van der Waals surface area contributed by atoms with Gasteiger partial charge in [-0.25, -0.2) is 4.98 Å². The summed E-state index contributed by atoms with van der Waals surface area (Å²) in [5, 5.41) is 13.8. The standard InChI is InChI=1S/C36H38N2O7S/c1-3-43-36-27(14-16-41-18-19-42-17-15-39)28(29-22-44-31-7-5-4-6-26(29)31)21-32(45-36)34(40)37-25-11-9-24(10-12-25)35-38-30-13-8-23(2)20-33(30)46-35/h4-13,20-22,27-28,36,39H,3,14-19H2,1-2H3,(H,37,40)/t27-,28-,36+/m1/s1. The van der Waals surface area contributed by atoms with E-state index in [-0.39, 0.29) is 36.7 Å². The number of hydrogen-bond donors (Lipinski definition) is 2. The van der Waals surface area contributed by atoms with Gasteiger partial charge in [0.15, 0.2) is 5.76 Å². The van der Waals surface area contributed by atoms with Crippen molar-refractivity contribution in [3.05, 3.63) is 96.0 Å². The number of aliphatic hydroxyl groups is 1. The molecule has 1 aliphatic heterocycles. The van der Waals surface area contributed by atoms with Crippen molar-refractivity contribution in [3.63, 3.8) is 0 Å². The number of anilines is 1. The molecule has 9 nitrogen and oxygen atoms in total. The van der Waals surface area contributed by atoms with E-state index in [9.17, 15) is 4.79 Å². The highest BCUT2D eigenvalue weighted by molar-refractivity contribution is 7.21. The van der Waals surface area contributed by atoms with Crippen molar-refractivity contribution in [2.24, 2.45) is 5.92 Å². The van der Waals surface area contributed by atoms with E-state index in [1.54, 1.807) is 17.6 Å². The second-order valence-electron chi connectivity index (χ2n) is 11.1. The van der Waals surface area contributed by atoms with E-state index in [0.29, 0.717) is 38.5 Å². The second kappa shape index (κ2) is 15.0. The van der Waals surface area contributed by atoms with Crippen molar-refractivity contribution < 1.29 is 33.3 Å². The molecule has 0 spiro atoms. The molecule has 240 valence electrons. The Hall–Kier alpha value is -4.06. The number of nitrogens with one attached hydrogen (secondary N) is 1. The van der Waals surface area contributed by atoms with E-state index in [1.165, 1.54) is 5.56 Å². The molecule has 3 atom stereocenters. The fraction of sp³-hybridized carbons (Fsp3) is 0.333. The molecule has 0 fully saturated rings. The Morgan fingerprint density at radius 3 is 2.63 bits per heavy atom. The van der Waals surface area contributed by atoms with Crippen LogP contribution in [0.25, 0.3) is 31.8 Å². The Labute approximate surface area is 271 Å². The number of ether oxygens (including phenoxy) is 4. The zero-order valence-electron chi connectivity index (χ0n) is 25.9. The van der Waals surface area contributed by atoms with Gasteiger partial charge in [0.1, 0.15) is 10.6 Å². The summed E-state index contributed by atoms with van der Waals surface area (Å²) in [4.78, 5) is 18.4. The van der Waals surface area contributed by atoms with Gasteiger partial charge in [0.2, 0.25) is 6.29 Å². The molecule has 6 rings (SSSR count). The first-order chi connectivity index (χ1) is 22.5. The predicted molar refractivity (Wildman–Crippen MR) is 179 cm³/mol. The minimum absolute atomic E-state index is 0.0206. The van der Waals surface area contributed by atoms with Crippen LogP contribution in [0.2, 0.25) is 0 Å². The molecule has 0 saturated heterocycles. The second-order valence-corrected chi connectivity index (χ2v) is 12.1. The Balaban J connectivity index is 1.21. The van der Waals surface area contributed by atoms with Crippen molar-refractivity contribution in [1.82, 2.24) is 4.98 Å². The number of benzene rings is 3. The Morgan fingerprint density at radius 2 is 1.83 bits per heavy atom. The number of para-hydroxylation sites is 1. The maximum atomic E-state index is 13.6. The van der Waals surface area contributed by atoms with Gasteiger partial charge in [-0.2, -0.15) is 0 Å². The van der Waals surface area contributed by atoms with Crippen LogP contribution in [0.5, 0.6) is 0 Å². The van der Waals surface area contributed by atoms with Gasteiger partial charge >= 0.3 is 0 Å². The summed E-state index contributed by atoms with van der Waals surface area (Å²) in [6.45, 7) is 5.92. The Bertz CT molecular complexity index is 1800. The topological polar surface area (TPSA) is 112 Å². The average Bonchev–Trinajstić information content (AvgIpc) is 3.69. The highest BCUT2D eigenvalue weighted by Crippen LogP contribution is 2.42. The number of fused-ring (bicyclic) bond motifs is 2. The van der Waals surface area contributed by atoms with E-state index in [4.69, 9.17) is 33.5 Å². The third-order valence-electron chi connectivity index (χ3n) is 7.95. The summed E-state index contributed by atoms with van der Waals surface area (Å²) >= 11 is 1.65. The van der Waals surface area contributed by atoms with Gasteiger partial charge < -0.3 is 33.8 Å². The number of carbonyl (C=O) groups excluding carboxylic acids is 1. The molecule has 10 heteroatoms. The predicted octanol–water partition coefficient (Wildman–Crippen LogP) is 7.05. The third kappa shape index (κ3) is 7.32. The van der Waals surface area contributed by atoms with Gasteiger partial charge in [-0.15, -0.1) is 11.3 Å². The van der Waals surface area contributed by atoms with Crippen LogP contribution < -0.4 is 5.32 Å². The Morgan fingerprint density at radius 1 is 1.02 bits per heavy atom. The lowest BCUT2D eigenvalue weighted by Crippen LogP contribution is -2.38. The summed E-state index contributed by atoms with van der Waals surface area (Å²) in [7, 11) is 0. The van der Waals surface area contributed by atoms with Gasteiger partial charge in [-0.3, -0.25) is 4.79 Å². The first-order valence-electron chi connectivity index (χ1n) is 15.6. The fourth-order valence-corrected chi connectivity index (χ4v) is 6.77. The molecule has 1 aliphatic rings. The number of nitrogens with zero attached hydrogens (tertiary/aromatic N) is 1. The number of hydrogen-bond acceptors (Lipinski definition) is 9. The lowest BCUT2D eigenvalue weighted by atomic mass is 9.81. The summed E-state index contributed by atoms with van der Waals surface area (Å²) in [6, 6.07) is 21.8. The van der Waals surface area contributed by atoms with Crippen LogP contribution in [0.1, 0.15) is 30.4 Å². The summed E-state index contributed by atoms with van der Waals surface area (Å²) < 4.78 is 30.5. The van der Waals surface area contributed by atoms with Gasteiger partial charge in [-0.1, -0.05) is 24.3 Å². The van der Waals surface area contributed by atoms with Gasteiger partial charge in [0, 0.05) is 47.3 Å². The maximum Gasteiger partial charge on any atom is 0.290 e. The van der Waals surface area contributed by atoms with Gasteiger partial charge in [0.25, 0.3) is 5.91 Å². The van der Waals surface area contributed by atoms with E-state index >= 15 is 0 Å². The number of allylic oxidation sites excluding steroid dienone is 1. The van der Waals surface area contributed by atoms with Crippen molar-refractivity contribution in [2.75, 3.05) is 45.0 Å². The highest BCUT2D eigenvalue weighted by Gasteiger charge is 2.39. The molecule has 3 aromatic carbocycles. The molecule has 0 saturated carbocycles. The SMILES string of the molecule is CCO[C@H]1OC(C(=O)Nc2ccc(-c3nc4ccc(C)cc4s3)cc2)=C[C@@H](c2coc3ccccc23)[C@H]1CCOCCOCCO. The quantitative estimate of drug-likeness (QED) is 0.124. The summed E-state index contributed by atoms with van der Waals surface area (Å²) in [5.74, 6) is -0.544. The lowest BCUT2D eigenvalue weighted by molar-refractivity contribution is -0.166. The maximum absolute atomic E-state index is 13.6. The average molecular weight is 643 g/mol. The van der Waals surface area contributed by atoms with Gasteiger partial charge in [-0.05, 0) is 74.4 Å². The third-order valence-corrected chi connectivity index (χ3v) is 9.01. The van der Waals surface area contributed by atoms with E-state index in [0.717, 1.165) is 37.3 Å². The fourth-order valence-electron chi connectivity index (χ4n) is 5.70. The van der Waals surface area contributed by atoms with Crippen LogP contribution in [0.15, 0.2) is 89.2 Å². The van der Waals surface area contributed by atoms with Crippen LogP contribution in [0.4, 0.5) is 5.69 Å². The lowest BCUT2D eigenvalue weighted by Gasteiger charge is -2.36. The smallest absolute Gasteiger partial charge is 0.290 e. The van der Waals surface area contributed by atoms with E-state index in [1.807, 2.05) is 67.6 Å². The highest BCUT2D eigenvalue weighted by atomic mass is 32.1. The van der Waals surface area contributed by atoms with Crippen LogP contribution in [0.3, 0.4) is 0 Å². The van der Waals surface area contributed by atoms with Gasteiger partial charge in [0.05, 0.1) is 42.9 Å². The van der Waals surface area contributed by atoms with Crippen LogP contribution in [0, 0.1) is 12.8 Å². The molecule has 0 bridgehead atoms. The number of furan rings is 1. The zero-order valence-corrected chi connectivity index (χ0v) is 26.8. The van der Waals surface area contributed by atoms with Crippen molar-refractivity contribution in [2.45, 2.75) is 32.5 Å². The molecule has 2 aromatic heterocycles. The Kier molecular flexibility index (Phi) is 10.4. The van der Waals surface area contributed by atoms with Crippen LogP contribution in [-0.2, 0) is 23.7 Å². The number of thiazole rings is 1. The first-order valence-corrected chi connectivity index (χ1v) is 16.4. The molecular weight excluding hydrogens is 604 g/mol. The minimum Gasteiger partial charge on any atom is -0.464 e. The van der Waals surface area contributed by atoms with Crippen molar-refractivity contribution in [1.29, 1.82) is 0 Å². The number of aromatic nitrogens is 1. The molecule has 0 unspecified atom stereocenters. The number of aliphatic hydroxyl groups excluding tert-OH is 1. The number of amides is 1. The van der Waals surface area contributed by atoms with Crippen LogP contribution in [-0.4, -0.2) is 61.9 Å². The summed E-state index contributed by atoms with van der Waals surface area (Å²) in [6.07, 6.45) is 3.57. The molecule has 3 heterocycles. The molecule has 0 radical (unpaired) electrons. The summed E-state index contributed by atoms with van der Waals surface area (Å²) in [5.41, 5.74) is 5.54. The normalized spacial score (nSPS) is 18.1. The molecule has 5 aromatic rings. The van der Waals surface area contributed by atoms with Crippen molar-refractivity contribution in [3.8, 4) is 10.6 Å². The molecule has 1 amide bonds. The number of rotatable bonds is 14. The van der Waals surface area contributed by atoms with E-state index < -0.39 is 6.29 Å². The number of aryl methyl sites for hydroxylation is 1. The zero-order chi connectivity index (χ0) is 31.9. The molecule has 2 N–H and O–H groups in total. The van der Waals surface area contributed by atoms with Crippen molar-refractivity contribution >= 4 is 44.1 Å². The van der Waals surface area contributed by atoms with E-state index in [2.05, 4.69) is 24.4 Å². The largest absolute Gasteiger partial charge is 0.464 e. The molecule has 0 aliphatic carbocycles. The monoisotopic (exact) mass is 642 g/mol. The number of carbonyl (C=O) groups is 1. The first kappa shape index (κ1) is 31.9. The molecular formula is C36H38N2O7S. The minimum atomic E-state index is -0.673.